The summed E-state index contributed by atoms with van der Waals surface area (Å²) in [5.74, 6) is 1.16. The normalized spacial score (nSPS) is 12.5. The van der Waals surface area contributed by atoms with E-state index in [1.54, 1.807) is 17.9 Å². The minimum atomic E-state index is -1.30. The van der Waals surface area contributed by atoms with Gasteiger partial charge in [0, 0.05) is 24.3 Å². The van der Waals surface area contributed by atoms with Crippen molar-refractivity contribution in [3.8, 4) is 16.9 Å². The first-order chi connectivity index (χ1) is 12.7. The number of nitrogens with zero attached hydrogens (tertiary/aromatic N) is 5. The van der Waals surface area contributed by atoms with Gasteiger partial charge in [-0.1, -0.05) is 30.3 Å². The van der Waals surface area contributed by atoms with E-state index in [1.165, 1.54) is 17.7 Å². The third-order valence-corrected chi connectivity index (χ3v) is 5.49. The number of fused-ring (bicyclic) bond motifs is 1. The first-order valence-corrected chi connectivity index (χ1v) is 10.2. The third kappa shape index (κ3) is 2.94. The van der Waals surface area contributed by atoms with Crippen molar-refractivity contribution in [1.29, 1.82) is 0 Å². The summed E-state index contributed by atoms with van der Waals surface area (Å²) in [7, 11) is 0.299. The predicted octanol–water partition coefficient (Wildman–Crippen LogP) is 2.82. The minimum absolute atomic E-state index is 0.286. The molecule has 4 rings (SSSR count). The van der Waals surface area contributed by atoms with Gasteiger partial charge < -0.3 is 4.74 Å². The fourth-order valence-corrected chi connectivity index (χ4v) is 4.26. The molecule has 0 saturated carbocycles. The fourth-order valence-electron chi connectivity index (χ4n) is 2.73. The lowest BCUT2D eigenvalue weighted by molar-refractivity contribution is 0.178. The lowest BCUT2D eigenvalue weighted by Gasteiger charge is -2.10. The lowest BCUT2D eigenvalue weighted by atomic mass is 10.1. The molecule has 0 bridgehead atoms. The molecule has 0 spiro atoms. The third-order valence-electron chi connectivity index (χ3n) is 3.82. The Morgan fingerprint density at radius 2 is 2.04 bits per heavy atom. The fraction of sp³-hybridized carbons (Fsp3) is 0.176. The molecule has 26 heavy (non-hydrogen) atoms. The molecule has 1 unspecified atom stereocenters. The molecule has 1 atom stereocenters. The molecule has 3 aromatic heterocycles. The highest BCUT2D eigenvalue weighted by Gasteiger charge is 2.20. The molecular formula is C17H15N5O2S2. The predicted molar refractivity (Wildman–Crippen MR) is 101 cm³/mol. The van der Waals surface area contributed by atoms with Gasteiger partial charge in [0.1, 0.15) is 17.8 Å². The van der Waals surface area contributed by atoms with E-state index in [2.05, 4.69) is 25.5 Å². The molecule has 0 radical (unpaired) electrons. The van der Waals surface area contributed by atoms with Crippen LogP contribution in [0.4, 0.5) is 0 Å². The average molecular weight is 385 g/mol. The largest absolute Gasteiger partial charge is 0.377 e. The highest BCUT2D eigenvalue weighted by molar-refractivity contribution is 7.84. The maximum atomic E-state index is 12.1. The summed E-state index contributed by atoms with van der Waals surface area (Å²) >= 11 is 1.54. The van der Waals surface area contributed by atoms with Crippen molar-refractivity contribution in [2.75, 3.05) is 13.4 Å². The Morgan fingerprint density at radius 3 is 2.77 bits per heavy atom. The number of aromatic nitrogens is 5. The molecule has 0 fully saturated rings. The van der Waals surface area contributed by atoms with Crippen LogP contribution < -0.4 is 0 Å². The minimum Gasteiger partial charge on any atom is -0.377 e. The summed E-state index contributed by atoms with van der Waals surface area (Å²) < 4.78 is 18.9. The van der Waals surface area contributed by atoms with Gasteiger partial charge in [-0.25, -0.2) is 9.97 Å². The van der Waals surface area contributed by atoms with Gasteiger partial charge in [-0.3, -0.25) is 8.78 Å². The van der Waals surface area contributed by atoms with Gasteiger partial charge in [-0.15, -0.1) is 21.5 Å². The van der Waals surface area contributed by atoms with Crippen molar-refractivity contribution in [3.05, 3.63) is 47.9 Å². The summed E-state index contributed by atoms with van der Waals surface area (Å²) in [5.41, 5.74) is 2.08. The van der Waals surface area contributed by atoms with Crippen LogP contribution in [0.5, 0.6) is 0 Å². The summed E-state index contributed by atoms with van der Waals surface area (Å²) in [6.07, 6.45) is 3.10. The molecule has 0 amide bonds. The topological polar surface area (TPSA) is 82.8 Å². The van der Waals surface area contributed by atoms with E-state index >= 15 is 0 Å². The van der Waals surface area contributed by atoms with Gasteiger partial charge in [0.05, 0.1) is 16.2 Å². The van der Waals surface area contributed by atoms with Crippen molar-refractivity contribution in [2.24, 2.45) is 0 Å². The number of hydrogen-bond acceptors (Lipinski definition) is 7. The first-order valence-electron chi connectivity index (χ1n) is 7.75. The van der Waals surface area contributed by atoms with Crippen LogP contribution in [0.15, 0.2) is 47.2 Å². The van der Waals surface area contributed by atoms with Crippen LogP contribution in [0.1, 0.15) is 5.82 Å². The number of hydrogen-bond donors (Lipinski definition) is 0. The SMILES string of the molecule is COCc1nc(-n2cnnc2S(C)=O)c2c(-c3ccccc3)csc2n1. The molecule has 0 aliphatic carbocycles. The number of methoxy groups -OCH3 is 1. The molecule has 7 nitrogen and oxygen atoms in total. The Morgan fingerprint density at radius 1 is 1.23 bits per heavy atom. The van der Waals surface area contributed by atoms with Gasteiger partial charge in [-0.05, 0) is 5.56 Å². The number of thiophene rings is 1. The standard InChI is InChI=1S/C17H15N5O2S2/c1-24-8-13-19-15(22-10-18-21-17(22)26(2)23)14-12(9-25-16(14)20-13)11-6-4-3-5-7-11/h3-7,9-10H,8H2,1-2H3. The second-order valence-electron chi connectivity index (χ2n) is 5.53. The molecular weight excluding hydrogens is 370 g/mol. The van der Waals surface area contributed by atoms with Gasteiger partial charge in [0.25, 0.3) is 0 Å². The maximum Gasteiger partial charge on any atom is 0.226 e. The Bertz CT molecular complexity index is 1090. The van der Waals surface area contributed by atoms with E-state index in [-0.39, 0.29) is 6.61 Å². The van der Waals surface area contributed by atoms with E-state index in [1.807, 2.05) is 30.3 Å². The van der Waals surface area contributed by atoms with Crippen molar-refractivity contribution in [2.45, 2.75) is 11.8 Å². The molecule has 0 saturated heterocycles. The second kappa shape index (κ2) is 7.02. The maximum absolute atomic E-state index is 12.1. The van der Waals surface area contributed by atoms with E-state index < -0.39 is 10.8 Å². The van der Waals surface area contributed by atoms with Gasteiger partial charge >= 0.3 is 0 Å². The summed E-state index contributed by atoms with van der Waals surface area (Å²) in [4.78, 5) is 10.1. The zero-order chi connectivity index (χ0) is 18.1. The highest BCUT2D eigenvalue weighted by Crippen LogP contribution is 2.36. The van der Waals surface area contributed by atoms with Crippen LogP contribution >= 0.6 is 11.3 Å². The van der Waals surface area contributed by atoms with Crippen molar-refractivity contribution < 1.29 is 8.95 Å². The van der Waals surface area contributed by atoms with Crippen molar-refractivity contribution in [3.63, 3.8) is 0 Å². The zero-order valence-corrected chi connectivity index (χ0v) is 15.8. The van der Waals surface area contributed by atoms with E-state index in [0.717, 1.165) is 21.3 Å². The van der Waals surface area contributed by atoms with Crippen molar-refractivity contribution in [1.82, 2.24) is 24.7 Å². The Hall–Kier alpha value is -2.49. The first kappa shape index (κ1) is 17.0. The van der Waals surface area contributed by atoms with Crippen LogP contribution in [0, 0.1) is 0 Å². The summed E-state index contributed by atoms with van der Waals surface area (Å²) in [6.45, 7) is 0.286. The molecule has 0 aliphatic heterocycles. The molecule has 132 valence electrons. The summed E-state index contributed by atoms with van der Waals surface area (Å²) in [5, 5.41) is 11.2. The van der Waals surface area contributed by atoms with Crippen LogP contribution in [-0.2, 0) is 22.1 Å². The van der Waals surface area contributed by atoms with Gasteiger partial charge in [0.15, 0.2) is 11.6 Å². The summed E-state index contributed by atoms with van der Waals surface area (Å²) in [6, 6.07) is 10.0. The van der Waals surface area contributed by atoms with E-state index in [4.69, 9.17) is 4.74 Å². The van der Waals surface area contributed by atoms with Gasteiger partial charge in [0.2, 0.25) is 5.16 Å². The van der Waals surface area contributed by atoms with Crippen LogP contribution in [-0.4, -0.2) is 42.3 Å². The Labute approximate surface area is 156 Å². The van der Waals surface area contributed by atoms with Crippen molar-refractivity contribution >= 4 is 32.4 Å². The monoisotopic (exact) mass is 385 g/mol. The Kier molecular flexibility index (Phi) is 4.58. The zero-order valence-electron chi connectivity index (χ0n) is 14.1. The van der Waals surface area contributed by atoms with E-state index in [9.17, 15) is 4.21 Å². The highest BCUT2D eigenvalue weighted by atomic mass is 32.2. The molecule has 1 aromatic carbocycles. The van der Waals surface area contributed by atoms with Gasteiger partial charge in [-0.2, -0.15) is 0 Å². The Balaban J connectivity index is 2.04. The quantitative estimate of drug-likeness (QED) is 0.525. The van der Waals surface area contributed by atoms with Crippen LogP contribution in [0.25, 0.3) is 27.2 Å². The molecule has 0 N–H and O–H groups in total. The van der Waals surface area contributed by atoms with E-state index in [0.29, 0.717) is 16.8 Å². The van der Waals surface area contributed by atoms with Crippen LogP contribution in [0.2, 0.25) is 0 Å². The molecule has 4 aromatic rings. The number of rotatable bonds is 5. The molecule has 0 aliphatic rings. The number of ether oxygens (including phenoxy) is 1. The molecule has 3 heterocycles. The lowest BCUT2D eigenvalue weighted by Crippen LogP contribution is -2.08. The van der Waals surface area contributed by atoms with Crippen LogP contribution in [0.3, 0.4) is 0 Å². The second-order valence-corrected chi connectivity index (χ2v) is 7.66. The smallest absolute Gasteiger partial charge is 0.226 e. The molecule has 9 heteroatoms. The average Bonchev–Trinajstić information content (AvgIpc) is 3.29. The number of benzene rings is 1.